The quantitative estimate of drug-likeness (QED) is 0.685. The van der Waals surface area contributed by atoms with Gasteiger partial charge in [-0.3, -0.25) is 9.59 Å². The minimum absolute atomic E-state index is 0.0662. The van der Waals surface area contributed by atoms with Crippen molar-refractivity contribution in [1.82, 2.24) is 9.62 Å². The van der Waals surface area contributed by atoms with Crippen LogP contribution in [-0.4, -0.2) is 56.1 Å². The fraction of sp³-hybridized carbons (Fsp3) is 0.857. The number of nitrogens with one attached hydrogen (secondary N) is 1. The van der Waals surface area contributed by atoms with Gasteiger partial charge in [0.05, 0.1) is 11.7 Å². The molecule has 1 aliphatic heterocycles. The van der Waals surface area contributed by atoms with Crippen LogP contribution in [0, 0.1) is 5.92 Å². The molecule has 0 aromatic heterocycles. The lowest BCUT2D eigenvalue weighted by atomic mass is 9.98. The van der Waals surface area contributed by atoms with Gasteiger partial charge in [0.25, 0.3) is 5.91 Å². The number of carbonyl (C=O) groups excluding carboxylic acids is 2. The molecule has 128 valence electrons. The maximum atomic E-state index is 12.0. The van der Waals surface area contributed by atoms with E-state index < -0.39 is 22.1 Å². The van der Waals surface area contributed by atoms with Crippen LogP contribution in [-0.2, 0) is 24.3 Å². The predicted octanol–water partition coefficient (Wildman–Crippen LogP) is 0.506. The number of nitrogens with zero attached hydrogens (tertiary/aromatic N) is 1. The fourth-order valence-corrected chi connectivity index (χ4v) is 3.40. The highest BCUT2D eigenvalue weighted by Gasteiger charge is 2.32. The number of piperidine rings is 1. The Balaban J connectivity index is 2.44. The number of carbonyl (C=O) groups is 2. The highest BCUT2D eigenvalue weighted by Crippen LogP contribution is 2.21. The zero-order valence-electron chi connectivity index (χ0n) is 13.5. The van der Waals surface area contributed by atoms with Crippen LogP contribution in [0.4, 0.5) is 0 Å². The van der Waals surface area contributed by atoms with Crippen molar-refractivity contribution >= 4 is 21.9 Å². The summed E-state index contributed by atoms with van der Waals surface area (Å²) in [4.78, 5) is 23.7. The number of sulfonamides is 1. The molecule has 22 heavy (non-hydrogen) atoms. The lowest BCUT2D eigenvalue weighted by Gasteiger charge is -2.30. The van der Waals surface area contributed by atoms with Crippen LogP contribution < -0.4 is 5.32 Å². The molecule has 7 nitrogen and oxygen atoms in total. The van der Waals surface area contributed by atoms with E-state index in [2.05, 4.69) is 5.32 Å². The second-order valence-corrected chi connectivity index (χ2v) is 7.70. The van der Waals surface area contributed by atoms with Crippen LogP contribution >= 0.6 is 0 Å². The largest absolute Gasteiger partial charge is 0.452 e. The Bertz CT molecular complexity index is 483. The van der Waals surface area contributed by atoms with Crippen LogP contribution in [0.1, 0.15) is 40.0 Å². The molecular weight excluding hydrogens is 308 g/mol. The zero-order valence-corrected chi connectivity index (χ0v) is 14.3. The molecule has 1 heterocycles. The summed E-state index contributed by atoms with van der Waals surface area (Å²) >= 11 is 0. The van der Waals surface area contributed by atoms with Crippen LogP contribution in [0.5, 0.6) is 0 Å². The van der Waals surface area contributed by atoms with E-state index in [-0.39, 0.29) is 17.6 Å². The second kappa shape index (κ2) is 8.47. The smallest absolute Gasteiger partial charge is 0.309 e. The van der Waals surface area contributed by atoms with Crippen LogP contribution in [0.3, 0.4) is 0 Å². The lowest BCUT2D eigenvalue weighted by Crippen LogP contribution is -2.43. The van der Waals surface area contributed by atoms with Gasteiger partial charge in [0, 0.05) is 19.6 Å². The van der Waals surface area contributed by atoms with Gasteiger partial charge in [0.2, 0.25) is 10.0 Å². The standard InChI is InChI=1S/C14H26N2O5S/c1-4-8-15-13(17)11(3)21-14(18)12-6-9-16(10-7-12)22(19,20)5-2/h11-12H,4-10H2,1-3H3,(H,15,17). The summed E-state index contributed by atoms with van der Waals surface area (Å²) in [5.74, 6) is -1.00. The van der Waals surface area contributed by atoms with Crippen molar-refractivity contribution < 1.29 is 22.7 Å². The highest BCUT2D eigenvalue weighted by molar-refractivity contribution is 7.89. The maximum absolute atomic E-state index is 12.0. The van der Waals surface area contributed by atoms with Gasteiger partial charge in [-0.05, 0) is 33.1 Å². The minimum Gasteiger partial charge on any atom is -0.452 e. The average molecular weight is 334 g/mol. The molecule has 1 saturated heterocycles. The van der Waals surface area contributed by atoms with Gasteiger partial charge >= 0.3 is 5.97 Å². The Kier molecular flexibility index (Phi) is 7.28. The van der Waals surface area contributed by atoms with Crippen molar-refractivity contribution in [2.45, 2.75) is 46.1 Å². The van der Waals surface area contributed by atoms with Gasteiger partial charge in [0.15, 0.2) is 6.10 Å². The number of ether oxygens (including phenoxy) is 1. The molecule has 0 aromatic carbocycles. The fourth-order valence-electron chi connectivity index (χ4n) is 2.27. The van der Waals surface area contributed by atoms with Crippen LogP contribution in [0.25, 0.3) is 0 Å². The number of esters is 1. The molecule has 1 N–H and O–H groups in total. The summed E-state index contributed by atoms with van der Waals surface area (Å²) in [5, 5.41) is 2.67. The van der Waals surface area contributed by atoms with E-state index in [0.29, 0.717) is 32.5 Å². The van der Waals surface area contributed by atoms with Gasteiger partial charge in [-0.25, -0.2) is 12.7 Å². The minimum atomic E-state index is -3.20. The molecule has 1 fully saturated rings. The molecule has 8 heteroatoms. The Labute approximate surface area is 132 Å². The summed E-state index contributed by atoms with van der Waals surface area (Å²) in [6.45, 7) is 6.29. The van der Waals surface area contributed by atoms with E-state index in [1.165, 1.54) is 4.31 Å². The highest BCUT2D eigenvalue weighted by atomic mass is 32.2. The molecule has 1 aliphatic rings. The number of rotatable bonds is 7. The van der Waals surface area contributed by atoms with E-state index in [0.717, 1.165) is 6.42 Å². The molecule has 0 spiro atoms. The lowest BCUT2D eigenvalue weighted by molar-refractivity contribution is -0.159. The molecular formula is C14H26N2O5S. The summed E-state index contributed by atoms with van der Waals surface area (Å²) in [5.41, 5.74) is 0. The van der Waals surface area contributed by atoms with Crippen LogP contribution in [0.15, 0.2) is 0 Å². The Morgan fingerprint density at radius 2 is 1.86 bits per heavy atom. The molecule has 0 radical (unpaired) electrons. The first kappa shape index (κ1) is 18.9. The van der Waals surface area contributed by atoms with Crippen molar-refractivity contribution in [3.63, 3.8) is 0 Å². The summed E-state index contributed by atoms with van der Waals surface area (Å²) in [6.07, 6.45) is 0.857. The summed E-state index contributed by atoms with van der Waals surface area (Å²) in [6, 6.07) is 0. The third-order valence-corrected chi connectivity index (χ3v) is 5.64. The Morgan fingerprint density at radius 3 is 2.36 bits per heavy atom. The number of hydrogen-bond donors (Lipinski definition) is 1. The molecule has 0 aromatic rings. The first-order chi connectivity index (χ1) is 10.3. The van der Waals surface area contributed by atoms with Gasteiger partial charge in [0.1, 0.15) is 0 Å². The SMILES string of the molecule is CCCNC(=O)C(C)OC(=O)C1CCN(S(=O)(=O)CC)CC1. The summed E-state index contributed by atoms with van der Waals surface area (Å²) in [7, 11) is -3.20. The van der Waals surface area contributed by atoms with E-state index >= 15 is 0 Å². The van der Waals surface area contributed by atoms with Gasteiger partial charge in [-0.1, -0.05) is 6.92 Å². The molecule has 0 saturated carbocycles. The second-order valence-electron chi connectivity index (χ2n) is 5.44. The number of amides is 1. The van der Waals surface area contributed by atoms with Gasteiger partial charge in [-0.2, -0.15) is 0 Å². The van der Waals surface area contributed by atoms with Crippen molar-refractivity contribution in [3.8, 4) is 0 Å². The Morgan fingerprint density at radius 1 is 1.27 bits per heavy atom. The van der Waals surface area contributed by atoms with E-state index in [4.69, 9.17) is 4.74 Å². The molecule has 1 rings (SSSR count). The molecule has 1 amide bonds. The number of hydrogen-bond acceptors (Lipinski definition) is 5. The van der Waals surface area contributed by atoms with Crippen molar-refractivity contribution in [3.05, 3.63) is 0 Å². The topological polar surface area (TPSA) is 92.8 Å². The molecule has 1 unspecified atom stereocenters. The van der Waals surface area contributed by atoms with Crippen molar-refractivity contribution in [2.24, 2.45) is 5.92 Å². The first-order valence-electron chi connectivity index (χ1n) is 7.77. The maximum Gasteiger partial charge on any atom is 0.309 e. The van der Waals surface area contributed by atoms with E-state index in [1.807, 2.05) is 6.92 Å². The zero-order chi connectivity index (χ0) is 16.8. The predicted molar refractivity (Wildman–Crippen MR) is 82.6 cm³/mol. The molecule has 0 bridgehead atoms. The summed E-state index contributed by atoms with van der Waals surface area (Å²) < 4.78 is 30.1. The van der Waals surface area contributed by atoms with Gasteiger partial charge in [-0.15, -0.1) is 0 Å². The average Bonchev–Trinajstić information content (AvgIpc) is 2.52. The van der Waals surface area contributed by atoms with E-state index in [9.17, 15) is 18.0 Å². The third kappa shape index (κ3) is 5.24. The van der Waals surface area contributed by atoms with Crippen molar-refractivity contribution in [2.75, 3.05) is 25.4 Å². The molecule has 1 atom stereocenters. The third-order valence-electron chi connectivity index (χ3n) is 3.76. The monoisotopic (exact) mass is 334 g/mol. The van der Waals surface area contributed by atoms with Crippen LogP contribution in [0.2, 0.25) is 0 Å². The van der Waals surface area contributed by atoms with Crippen molar-refractivity contribution in [1.29, 1.82) is 0 Å². The van der Waals surface area contributed by atoms with E-state index in [1.54, 1.807) is 13.8 Å². The normalized spacial score (nSPS) is 18.7. The molecule has 0 aliphatic carbocycles. The van der Waals surface area contributed by atoms with Gasteiger partial charge < -0.3 is 10.1 Å². The first-order valence-corrected chi connectivity index (χ1v) is 9.38. The Hall–Kier alpha value is -1.15.